The average Bonchev–Trinajstić information content (AvgIpc) is 2.89. The molecule has 2 bridgehead atoms. The number of hydrogen-bond acceptors (Lipinski definition) is 3. The first-order valence-electron chi connectivity index (χ1n) is 8.14. The summed E-state index contributed by atoms with van der Waals surface area (Å²) in [6, 6.07) is 5.69. The van der Waals surface area contributed by atoms with E-state index in [9.17, 15) is 18.0 Å². The Bertz CT molecular complexity index is 600. The van der Waals surface area contributed by atoms with Gasteiger partial charge in [0, 0.05) is 25.2 Å². The Morgan fingerprint density at radius 2 is 1.92 bits per heavy atom. The maximum atomic E-state index is 12.7. The SMILES string of the molecule is CN(C(=O)COc1cccc(C(F)(F)F)c1)C1CC2CCC(C1)N2.Cl. The molecule has 0 radical (unpaired) electrons. The maximum Gasteiger partial charge on any atom is 0.416 e. The van der Waals surface area contributed by atoms with Gasteiger partial charge in [0.1, 0.15) is 5.75 Å². The molecular weight excluding hydrogens is 357 g/mol. The number of rotatable bonds is 4. The number of carbonyl (C=O) groups is 1. The minimum absolute atomic E-state index is 0. The van der Waals surface area contributed by atoms with Crippen molar-refractivity contribution in [3.05, 3.63) is 29.8 Å². The molecule has 8 heteroatoms. The highest BCUT2D eigenvalue weighted by Gasteiger charge is 2.36. The number of halogens is 4. The molecule has 0 saturated carbocycles. The Hall–Kier alpha value is -1.47. The molecule has 1 aromatic carbocycles. The molecule has 2 aliphatic rings. The molecular formula is C17H22ClF3N2O2. The van der Waals surface area contributed by atoms with Crippen molar-refractivity contribution in [2.45, 2.75) is 50.0 Å². The summed E-state index contributed by atoms with van der Waals surface area (Å²) < 4.78 is 43.3. The molecule has 2 fully saturated rings. The van der Waals surface area contributed by atoms with E-state index < -0.39 is 11.7 Å². The Labute approximate surface area is 151 Å². The van der Waals surface area contributed by atoms with Crippen molar-refractivity contribution in [2.75, 3.05) is 13.7 Å². The van der Waals surface area contributed by atoms with Gasteiger partial charge in [0.05, 0.1) is 5.56 Å². The number of likely N-dealkylation sites (N-methyl/N-ethyl adjacent to an activating group) is 1. The highest BCUT2D eigenvalue weighted by molar-refractivity contribution is 5.85. The fourth-order valence-electron chi connectivity index (χ4n) is 3.56. The molecule has 2 aliphatic heterocycles. The first kappa shape index (κ1) is 19.8. The molecule has 3 rings (SSSR count). The Balaban J connectivity index is 0.00000225. The van der Waals surface area contributed by atoms with E-state index in [1.54, 1.807) is 11.9 Å². The van der Waals surface area contributed by atoms with Crippen LogP contribution in [0.25, 0.3) is 0 Å². The number of nitrogens with one attached hydrogen (secondary N) is 1. The smallest absolute Gasteiger partial charge is 0.416 e. The number of hydrogen-bond donors (Lipinski definition) is 1. The summed E-state index contributed by atoms with van der Waals surface area (Å²) in [7, 11) is 1.74. The molecule has 25 heavy (non-hydrogen) atoms. The molecule has 2 unspecified atom stereocenters. The Morgan fingerprint density at radius 3 is 2.52 bits per heavy atom. The highest BCUT2D eigenvalue weighted by atomic mass is 35.5. The van der Waals surface area contributed by atoms with Crippen molar-refractivity contribution in [1.29, 1.82) is 0 Å². The molecule has 2 heterocycles. The summed E-state index contributed by atoms with van der Waals surface area (Å²) in [6.45, 7) is -0.253. The Kier molecular flexibility index (Phi) is 6.21. The monoisotopic (exact) mass is 378 g/mol. The van der Waals surface area contributed by atoms with E-state index in [4.69, 9.17) is 4.74 Å². The molecule has 140 valence electrons. The number of piperidine rings is 1. The third-order valence-electron chi connectivity index (χ3n) is 4.91. The van der Waals surface area contributed by atoms with Gasteiger partial charge < -0.3 is 15.0 Å². The number of carbonyl (C=O) groups excluding carboxylic acids is 1. The van der Waals surface area contributed by atoms with Gasteiger partial charge in [0.2, 0.25) is 0 Å². The maximum absolute atomic E-state index is 12.7. The van der Waals surface area contributed by atoms with E-state index in [-0.39, 0.29) is 36.7 Å². The van der Waals surface area contributed by atoms with Gasteiger partial charge in [-0.15, -0.1) is 12.4 Å². The topological polar surface area (TPSA) is 41.6 Å². The summed E-state index contributed by atoms with van der Waals surface area (Å²) >= 11 is 0. The molecule has 0 aromatic heterocycles. The van der Waals surface area contributed by atoms with Gasteiger partial charge in [-0.05, 0) is 43.9 Å². The van der Waals surface area contributed by atoms with E-state index in [1.807, 2.05) is 0 Å². The van der Waals surface area contributed by atoms with E-state index >= 15 is 0 Å². The van der Waals surface area contributed by atoms with Crippen molar-refractivity contribution in [2.24, 2.45) is 0 Å². The van der Waals surface area contributed by atoms with Crippen molar-refractivity contribution < 1.29 is 22.7 Å². The van der Waals surface area contributed by atoms with Crippen LogP contribution in [0.15, 0.2) is 24.3 Å². The van der Waals surface area contributed by atoms with Crippen LogP contribution < -0.4 is 10.1 Å². The summed E-state index contributed by atoms with van der Waals surface area (Å²) in [5.41, 5.74) is -0.782. The van der Waals surface area contributed by atoms with Gasteiger partial charge in [-0.25, -0.2) is 0 Å². The third-order valence-corrected chi connectivity index (χ3v) is 4.91. The summed E-state index contributed by atoms with van der Waals surface area (Å²) in [4.78, 5) is 14.0. The Morgan fingerprint density at radius 1 is 1.28 bits per heavy atom. The second-order valence-electron chi connectivity index (χ2n) is 6.58. The van der Waals surface area contributed by atoms with Crippen LogP contribution >= 0.6 is 12.4 Å². The lowest BCUT2D eigenvalue weighted by Gasteiger charge is -2.35. The normalized spacial score (nSPS) is 25.2. The molecule has 4 nitrogen and oxygen atoms in total. The van der Waals surface area contributed by atoms with Crippen molar-refractivity contribution in [3.63, 3.8) is 0 Å². The van der Waals surface area contributed by atoms with Crippen LogP contribution in [0.1, 0.15) is 31.2 Å². The highest BCUT2D eigenvalue weighted by Crippen LogP contribution is 2.31. The van der Waals surface area contributed by atoms with Crippen molar-refractivity contribution >= 4 is 18.3 Å². The fourth-order valence-corrected chi connectivity index (χ4v) is 3.56. The van der Waals surface area contributed by atoms with Crippen LogP contribution in [0.3, 0.4) is 0 Å². The molecule has 0 aliphatic carbocycles. The van der Waals surface area contributed by atoms with Gasteiger partial charge >= 0.3 is 6.18 Å². The van der Waals surface area contributed by atoms with Crippen LogP contribution in [-0.2, 0) is 11.0 Å². The summed E-state index contributed by atoms with van der Waals surface area (Å²) in [6.07, 6.45) is -0.299. The summed E-state index contributed by atoms with van der Waals surface area (Å²) in [5, 5.41) is 3.52. The van der Waals surface area contributed by atoms with Crippen LogP contribution in [0.5, 0.6) is 5.75 Å². The standard InChI is InChI=1S/C17H21F3N2O2.ClH/c1-22(14-8-12-5-6-13(9-14)21-12)16(23)10-24-15-4-2-3-11(7-15)17(18,19)20;/h2-4,7,12-14,21H,5-6,8-10H2,1H3;1H. The van der Waals surface area contributed by atoms with Gasteiger partial charge in [-0.2, -0.15) is 13.2 Å². The summed E-state index contributed by atoms with van der Waals surface area (Å²) in [5.74, 6) is -0.157. The zero-order chi connectivity index (χ0) is 17.3. The number of nitrogens with zero attached hydrogens (tertiary/aromatic N) is 1. The molecule has 1 N–H and O–H groups in total. The average molecular weight is 379 g/mol. The van der Waals surface area contributed by atoms with Gasteiger partial charge in [0.15, 0.2) is 6.61 Å². The van der Waals surface area contributed by atoms with E-state index in [0.29, 0.717) is 12.1 Å². The minimum atomic E-state index is -4.42. The quantitative estimate of drug-likeness (QED) is 0.874. The van der Waals surface area contributed by atoms with E-state index in [2.05, 4.69) is 5.32 Å². The lowest BCUT2D eigenvalue weighted by Crippen LogP contribution is -2.49. The number of benzene rings is 1. The van der Waals surface area contributed by atoms with Crippen LogP contribution in [0.2, 0.25) is 0 Å². The lowest BCUT2D eigenvalue weighted by atomic mass is 9.98. The van der Waals surface area contributed by atoms with Gasteiger partial charge in [-0.3, -0.25) is 4.79 Å². The number of fused-ring (bicyclic) bond motifs is 2. The fraction of sp³-hybridized carbons (Fsp3) is 0.588. The zero-order valence-electron chi connectivity index (χ0n) is 13.9. The van der Waals surface area contributed by atoms with Crippen molar-refractivity contribution in [1.82, 2.24) is 10.2 Å². The van der Waals surface area contributed by atoms with Gasteiger partial charge in [-0.1, -0.05) is 6.07 Å². The molecule has 2 saturated heterocycles. The van der Waals surface area contributed by atoms with Crippen molar-refractivity contribution in [3.8, 4) is 5.75 Å². The number of alkyl halides is 3. The number of amides is 1. The largest absolute Gasteiger partial charge is 0.484 e. The lowest BCUT2D eigenvalue weighted by molar-refractivity contribution is -0.137. The third kappa shape index (κ3) is 4.79. The molecule has 2 atom stereocenters. The predicted molar refractivity (Wildman–Crippen MR) is 89.9 cm³/mol. The first-order valence-corrected chi connectivity index (χ1v) is 8.14. The molecule has 1 amide bonds. The first-order chi connectivity index (χ1) is 11.3. The van der Waals surface area contributed by atoms with Crippen LogP contribution in [-0.4, -0.2) is 42.6 Å². The molecule has 1 aromatic rings. The predicted octanol–water partition coefficient (Wildman–Crippen LogP) is 3.25. The van der Waals surface area contributed by atoms with E-state index in [0.717, 1.165) is 37.8 Å². The van der Waals surface area contributed by atoms with Crippen LogP contribution in [0, 0.1) is 0 Å². The van der Waals surface area contributed by atoms with Gasteiger partial charge in [0.25, 0.3) is 5.91 Å². The number of ether oxygens (including phenoxy) is 1. The second-order valence-corrected chi connectivity index (χ2v) is 6.58. The van der Waals surface area contributed by atoms with E-state index in [1.165, 1.54) is 12.1 Å². The van der Waals surface area contributed by atoms with Crippen LogP contribution in [0.4, 0.5) is 13.2 Å². The minimum Gasteiger partial charge on any atom is -0.484 e. The zero-order valence-corrected chi connectivity index (χ0v) is 14.7. The second kappa shape index (κ2) is 7.83. The molecule has 0 spiro atoms.